The van der Waals surface area contributed by atoms with Crippen LogP contribution in [0.1, 0.15) is 0 Å². The van der Waals surface area contributed by atoms with Gasteiger partial charge in [0.1, 0.15) is 0 Å². The minimum absolute atomic E-state index is 1.14. The molecule has 0 radical (unpaired) electrons. The first kappa shape index (κ1) is 5.20. The molecule has 0 N–H and O–H groups in total. The minimum atomic E-state index is -1.14. The molecule has 0 aliphatic carbocycles. The van der Waals surface area contributed by atoms with E-state index in [1.807, 2.05) is 0 Å². The number of halogens is 1. The Hall–Kier alpha value is 1.20. The fourth-order valence-corrected chi connectivity index (χ4v) is 0. The third kappa shape index (κ3) is 10.8. The molecule has 0 aliphatic rings. The van der Waals surface area contributed by atoms with E-state index in [4.69, 9.17) is 10.7 Å². The van der Waals surface area contributed by atoms with Gasteiger partial charge in [0.25, 0.3) is 0 Å². The van der Waals surface area contributed by atoms with Crippen LogP contribution >= 0.6 is 10.7 Å². The van der Waals surface area contributed by atoms with Gasteiger partial charge >= 0.3 is 40.2 Å². The average Bonchev–Trinajstić information content (AvgIpc) is 0.811. The van der Waals surface area contributed by atoms with E-state index >= 15 is 0 Å². The van der Waals surface area contributed by atoms with Crippen LogP contribution in [0.5, 0.6) is 0 Å². The molecule has 0 bridgehead atoms. The first-order valence-corrected chi connectivity index (χ1v) is 3.11. The molecule has 0 saturated heterocycles. The molecule has 0 aromatic carbocycles. The molecule has 0 saturated carbocycles. The van der Waals surface area contributed by atoms with Gasteiger partial charge in [-0.1, -0.05) is 0 Å². The van der Waals surface area contributed by atoms with Crippen molar-refractivity contribution >= 4 is 35.7 Å². The van der Waals surface area contributed by atoms with Crippen molar-refractivity contribution < 1.29 is 4.55 Å². The summed E-state index contributed by atoms with van der Waals surface area (Å²) >= 11 is 1.40. The fraction of sp³-hybridized carbons (Fsp3) is 0. The molecule has 0 amide bonds. The summed E-state index contributed by atoms with van der Waals surface area (Å²) in [7, 11) is 3.61. The van der Waals surface area contributed by atoms with E-state index in [1.165, 1.54) is 16.5 Å². The van der Waals surface area contributed by atoms with Crippen molar-refractivity contribution in [2.45, 2.75) is 0 Å². The SMILES string of the molecule is [Li][S+]([O-])Cl. The molecule has 0 rings (SSSR count). The monoisotopic (exact) mass is 90.0 g/mol. The second-order valence-corrected chi connectivity index (χ2v) is 2.46. The first-order valence-electron chi connectivity index (χ1n) is 0.729. The molecular weight excluding hydrogens is 90.5 g/mol. The third-order valence-corrected chi connectivity index (χ3v) is 0. The number of rotatable bonds is 0. The summed E-state index contributed by atoms with van der Waals surface area (Å²) in [4.78, 5) is 0. The number of hydrogen-bond acceptors (Lipinski definition) is 1. The summed E-state index contributed by atoms with van der Waals surface area (Å²) in [6, 6.07) is 0. The molecule has 0 aromatic rings. The summed E-state index contributed by atoms with van der Waals surface area (Å²) < 4.78 is 9.32. The quantitative estimate of drug-likeness (QED) is 0.303. The molecule has 0 heterocycles. The zero-order chi connectivity index (χ0) is 3.58. The number of hydrogen-bond donors (Lipinski definition) is 0. The van der Waals surface area contributed by atoms with Crippen molar-refractivity contribution in [3.63, 3.8) is 0 Å². The standard InChI is InChI=1S/ClHOS.Li/c1-3-2;/h2H;/q;+1/p-1. The van der Waals surface area contributed by atoms with Gasteiger partial charge in [-0.3, -0.25) is 0 Å². The molecule has 0 aromatic heterocycles. The Kier molecular flexibility index (Phi) is 3.16. The molecule has 4 heavy (non-hydrogen) atoms. The van der Waals surface area contributed by atoms with Gasteiger partial charge in [0.05, 0.1) is 0 Å². The van der Waals surface area contributed by atoms with Crippen LogP contribution in [0.4, 0.5) is 0 Å². The second-order valence-electron chi connectivity index (χ2n) is 0.384. The van der Waals surface area contributed by atoms with Gasteiger partial charge in [0.2, 0.25) is 0 Å². The second kappa shape index (κ2) is 2.44. The van der Waals surface area contributed by atoms with Crippen LogP contribution in [0.15, 0.2) is 0 Å². The van der Waals surface area contributed by atoms with Crippen LogP contribution in [0.2, 0.25) is 0 Å². The van der Waals surface area contributed by atoms with Gasteiger partial charge in [0.15, 0.2) is 0 Å². The fourth-order valence-electron chi connectivity index (χ4n) is 0. The van der Waals surface area contributed by atoms with Gasteiger partial charge in [0, 0.05) is 0 Å². The van der Waals surface area contributed by atoms with Gasteiger partial charge in [-0.2, -0.15) is 0 Å². The topological polar surface area (TPSA) is 23.1 Å². The van der Waals surface area contributed by atoms with Crippen molar-refractivity contribution in [2.75, 3.05) is 0 Å². The van der Waals surface area contributed by atoms with Crippen molar-refractivity contribution in [1.82, 2.24) is 0 Å². The van der Waals surface area contributed by atoms with Crippen molar-refractivity contribution in [2.24, 2.45) is 0 Å². The molecule has 0 aliphatic heterocycles. The zero-order valence-electron chi connectivity index (χ0n) is 2.19. The van der Waals surface area contributed by atoms with Gasteiger partial charge in [-0.25, -0.2) is 0 Å². The van der Waals surface area contributed by atoms with E-state index in [2.05, 4.69) is 0 Å². The van der Waals surface area contributed by atoms with Gasteiger partial charge < -0.3 is 0 Å². The van der Waals surface area contributed by atoms with Crippen LogP contribution in [0.25, 0.3) is 0 Å². The summed E-state index contributed by atoms with van der Waals surface area (Å²) in [6.07, 6.45) is 0. The van der Waals surface area contributed by atoms with Crippen molar-refractivity contribution in [1.29, 1.82) is 0 Å². The van der Waals surface area contributed by atoms with Crippen LogP contribution in [0.3, 0.4) is 0 Å². The Bertz CT molecular complexity index is 12.8. The third-order valence-electron chi connectivity index (χ3n) is 0. The molecule has 4 heteroatoms. The Morgan fingerprint density at radius 2 is 2.00 bits per heavy atom. The van der Waals surface area contributed by atoms with E-state index in [0.717, 1.165) is 0 Å². The van der Waals surface area contributed by atoms with Crippen LogP contribution in [0, 0.1) is 0 Å². The maximum atomic E-state index is 9.32. The predicted octanol–water partition coefficient (Wildman–Crippen LogP) is -0.0276. The Morgan fingerprint density at radius 3 is 2.00 bits per heavy atom. The van der Waals surface area contributed by atoms with Crippen molar-refractivity contribution in [3.8, 4) is 0 Å². The molecule has 0 spiro atoms. The Morgan fingerprint density at radius 1 is 2.00 bits per heavy atom. The molecule has 0 fully saturated rings. The maximum absolute atomic E-state index is 9.32. The van der Waals surface area contributed by atoms with E-state index in [-0.39, 0.29) is 0 Å². The summed E-state index contributed by atoms with van der Waals surface area (Å²) in [5.41, 5.74) is 0. The Labute approximate surface area is 40.5 Å². The van der Waals surface area contributed by atoms with Gasteiger partial charge in [-0.05, 0) is 0 Å². The molecular formula is ClLiOS. The zero-order valence-corrected chi connectivity index (χ0v) is 3.77. The summed E-state index contributed by atoms with van der Waals surface area (Å²) in [5.74, 6) is 0. The summed E-state index contributed by atoms with van der Waals surface area (Å²) in [6.45, 7) is 0. The molecule has 1 atom stereocenters. The Balaban J connectivity index is 2.32. The first-order chi connectivity index (χ1) is 1.73. The molecule has 1 nitrogen and oxygen atoms in total. The van der Waals surface area contributed by atoms with Crippen LogP contribution in [-0.4, -0.2) is 21.1 Å². The van der Waals surface area contributed by atoms with E-state index in [9.17, 15) is 4.55 Å². The van der Waals surface area contributed by atoms with Crippen LogP contribution in [-0.2, 0) is 8.49 Å². The molecule has 1 unspecified atom stereocenters. The summed E-state index contributed by atoms with van der Waals surface area (Å²) in [5, 5.41) is 0. The predicted molar refractivity (Wildman–Crippen MR) is 19.7 cm³/mol. The average molecular weight is 90.5 g/mol. The van der Waals surface area contributed by atoms with Crippen LogP contribution < -0.4 is 0 Å². The van der Waals surface area contributed by atoms with Crippen molar-refractivity contribution in [3.05, 3.63) is 0 Å². The normalized spacial score (nSPS) is 16.0. The van der Waals surface area contributed by atoms with E-state index in [1.54, 1.807) is 0 Å². The van der Waals surface area contributed by atoms with E-state index in [0.29, 0.717) is 0 Å². The van der Waals surface area contributed by atoms with Gasteiger partial charge in [-0.15, -0.1) is 0 Å². The van der Waals surface area contributed by atoms with E-state index < -0.39 is 8.49 Å². The molecule has 20 valence electrons.